The van der Waals surface area contributed by atoms with E-state index in [0.717, 1.165) is 25.0 Å². The molecule has 6 nitrogen and oxygen atoms in total. The van der Waals surface area contributed by atoms with Crippen LogP contribution in [0.2, 0.25) is 0 Å². The van der Waals surface area contributed by atoms with Gasteiger partial charge in [0, 0.05) is 17.8 Å². The molecule has 0 spiro atoms. The third kappa shape index (κ3) is 3.13. The zero-order chi connectivity index (χ0) is 18.3. The van der Waals surface area contributed by atoms with Gasteiger partial charge in [0.2, 0.25) is 0 Å². The van der Waals surface area contributed by atoms with Crippen molar-refractivity contribution >= 4 is 22.8 Å². The number of alkyl halides is 3. The first-order valence-electron chi connectivity index (χ1n) is 7.94. The van der Waals surface area contributed by atoms with E-state index in [0.29, 0.717) is 23.2 Å². The molecule has 0 bridgehead atoms. The average Bonchev–Trinajstić information content (AvgIpc) is 3.31. The Labute approximate surface area is 146 Å². The molecular weight excluding hydrogens is 345 g/mol. The number of anilines is 3. The second kappa shape index (κ2) is 5.91. The first-order chi connectivity index (χ1) is 12.4. The number of nitrogens with zero attached hydrogens (tertiary/aromatic N) is 4. The van der Waals surface area contributed by atoms with Crippen LogP contribution >= 0.6 is 0 Å². The van der Waals surface area contributed by atoms with E-state index >= 15 is 0 Å². The lowest BCUT2D eigenvalue weighted by Gasteiger charge is -2.12. The van der Waals surface area contributed by atoms with Gasteiger partial charge in [-0.2, -0.15) is 22.9 Å². The van der Waals surface area contributed by atoms with Gasteiger partial charge >= 0.3 is 6.18 Å². The molecule has 0 amide bonds. The molecule has 0 radical (unpaired) electrons. The number of halogens is 3. The largest absolute Gasteiger partial charge is 0.416 e. The Balaban J connectivity index is 1.73. The standard InChI is InChI=1S/C17H13F3N6/c18-17(19,20)10-2-1-3-12(6-10)24-15-7-14(23-11-4-5-11)16-22-9-13(8-21)26(16)25-15/h1-3,6-7,9,11,23H,4-5H2,(H,24,25). The van der Waals surface area contributed by atoms with Crippen LogP contribution in [-0.2, 0) is 6.18 Å². The molecule has 1 saturated carbocycles. The SMILES string of the molecule is N#Cc1cnc2c(NC3CC3)cc(Nc3cccc(C(F)(F)F)c3)nn12. The zero-order valence-corrected chi connectivity index (χ0v) is 13.4. The van der Waals surface area contributed by atoms with Crippen molar-refractivity contribution in [1.29, 1.82) is 5.26 Å². The van der Waals surface area contributed by atoms with Crippen LogP contribution < -0.4 is 10.6 Å². The molecule has 0 unspecified atom stereocenters. The molecule has 1 aliphatic carbocycles. The summed E-state index contributed by atoms with van der Waals surface area (Å²) in [5.41, 5.74) is 0.927. The van der Waals surface area contributed by atoms with E-state index in [2.05, 4.69) is 20.7 Å². The molecule has 4 rings (SSSR count). The molecule has 2 N–H and O–H groups in total. The molecule has 0 saturated heterocycles. The Morgan fingerprint density at radius 3 is 2.73 bits per heavy atom. The van der Waals surface area contributed by atoms with Crippen molar-refractivity contribution < 1.29 is 13.2 Å². The summed E-state index contributed by atoms with van der Waals surface area (Å²) < 4.78 is 40.0. The molecular formula is C17H13F3N6. The highest BCUT2D eigenvalue weighted by molar-refractivity contribution is 5.73. The first kappa shape index (κ1) is 16.2. The molecule has 0 aliphatic heterocycles. The van der Waals surface area contributed by atoms with Gasteiger partial charge in [-0.15, -0.1) is 5.10 Å². The molecule has 132 valence electrons. The number of fused-ring (bicyclic) bond motifs is 1. The van der Waals surface area contributed by atoms with Crippen LogP contribution in [0.15, 0.2) is 36.5 Å². The number of hydrogen-bond donors (Lipinski definition) is 2. The highest BCUT2D eigenvalue weighted by Gasteiger charge is 2.30. The van der Waals surface area contributed by atoms with Crippen LogP contribution in [-0.4, -0.2) is 20.6 Å². The fraction of sp³-hybridized carbons (Fsp3) is 0.235. The van der Waals surface area contributed by atoms with E-state index in [1.807, 2.05) is 6.07 Å². The van der Waals surface area contributed by atoms with E-state index in [-0.39, 0.29) is 11.4 Å². The maximum absolute atomic E-state index is 12.9. The van der Waals surface area contributed by atoms with Gasteiger partial charge in [-0.25, -0.2) is 4.98 Å². The van der Waals surface area contributed by atoms with Gasteiger partial charge in [-0.1, -0.05) is 6.07 Å². The van der Waals surface area contributed by atoms with Crippen LogP contribution in [0, 0.1) is 11.3 Å². The molecule has 3 aromatic rings. The van der Waals surface area contributed by atoms with Crippen molar-refractivity contribution in [3.05, 3.63) is 47.8 Å². The number of rotatable bonds is 4. The molecule has 1 aliphatic rings. The minimum Gasteiger partial charge on any atom is -0.379 e. The number of nitrogens with one attached hydrogen (secondary N) is 2. The van der Waals surface area contributed by atoms with Gasteiger partial charge in [0.05, 0.1) is 17.4 Å². The lowest BCUT2D eigenvalue weighted by Crippen LogP contribution is -2.08. The van der Waals surface area contributed by atoms with Gasteiger partial charge in [0.1, 0.15) is 6.07 Å². The van der Waals surface area contributed by atoms with E-state index in [4.69, 9.17) is 0 Å². The smallest absolute Gasteiger partial charge is 0.379 e. The topological polar surface area (TPSA) is 78.0 Å². The Bertz CT molecular complexity index is 1010. The number of benzene rings is 1. The summed E-state index contributed by atoms with van der Waals surface area (Å²) in [4.78, 5) is 4.20. The van der Waals surface area contributed by atoms with Gasteiger partial charge in [0.25, 0.3) is 0 Å². The molecule has 26 heavy (non-hydrogen) atoms. The van der Waals surface area contributed by atoms with E-state index in [9.17, 15) is 18.4 Å². The Hall–Kier alpha value is -3.28. The van der Waals surface area contributed by atoms with Crippen LogP contribution in [0.4, 0.5) is 30.4 Å². The van der Waals surface area contributed by atoms with Crippen LogP contribution in [0.3, 0.4) is 0 Å². The monoisotopic (exact) mass is 358 g/mol. The van der Waals surface area contributed by atoms with Crippen molar-refractivity contribution in [3.63, 3.8) is 0 Å². The number of hydrogen-bond acceptors (Lipinski definition) is 5. The van der Waals surface area contributed by atoms with Crippen molar-refractivity contribution in [1.82, 2.24) is 14.6 Å². The minimum atomic E-state index is -4.42. The van der Waals surface area contributed by atoms with E-state index in [1.54, 1.807) is 6.07 Å². The Morgan fingerprint density at radius 2 is 2.04 bits per heavy atom. The summed E-state index contributed by atoms with van der Waals surface area (Å²) in [6.45, 7) is 0. The van der Waals surface area contributed by atoms with Gasteiger partial charge in [0.15, 0.2) is 17.2 Å². The highest BCUT2D eigenvalue weighted by atomic mass is 19.4. The molecule has 0 atom stereocenters. The second-order valence-corrected chi connectivity index (χ2v) is 6.06. The predicted molar refractivity (Wildman–Crippen MR) is 89.1 cm³/mol. The average molecular weight is 358 g/mol. The summed E-state index contributed by atoms with van der Waals surface area (Å²) in [6.07, 6.45) is -0.937. The lowest BCUT2D eigenvalue weighted by atomic mass is 10.2. The van der Waals surface area contributed by atoms with E-state index < -0.39 is 11.7 Å². The summed E-state index contributed by atoms with van der Waals surface area (Å²) in [7, 11) is 0. The molecule has 1 aromatic carbocycles. The van der Waals surface area contributed by atoms with Crippen LogP contribution in [0.5, 0.6) is 0 Å². The summed E-state index contributed by atoms with van der Waals surface area (Å²) in [5, 5.41) is 19.7. The third-order valence-corrected chi connectivity index (χ3v) is 3.98. The van der Waals surface area contributed by atoms with Crippen molar-refractivity contribution in [2.75, 3.05) is 10.6 Å². The summed E-state index contributed by atoms with van der Waals surface area (Å²) in [6, 6.07) is 8.89. The summed E-state index contributed by atoms with van der Waals surface area (Å²) in [5.74, 6) is 0.314. The summed E-state index contributed by atoms with van der Waals surface area (Å²) >= 11 is 0. The van der Waals surface area contributed by atoms with Crippen LogP contribution in [0.25, 0.3) is 5.65 Å². The van der Waals surface area contributed by atoms with Crippen molar-refractivity contribution in [3.8, 4) is 6.07 Å². The maximum Gasteiger partial charge on any atom is 0.416 e. The Morgan fingerprint density at radius 1 is 1.23 bits per heavy atom. The fourth-order valence-electron chi connectivity index (χ4n) is 2.58. The van der Waals surface area contributed by atoms with Gasteiger partial charge < -0.3 is 10.6 Å². The maximum atomic E-state index is 12.9. The lowest BCUT2D eigenvalue weighted by molar-refractivity contribution is -0.137. The predicted octanol–water partition coefficient (Wildman–Crippen LogP) is 3.94. The Kier molecular flexibility index (Phi) is 3.68. The van der Waals surface area contributed by atoms with Gasteiger partial charge in [-0.3, -0.25) is 0 Å². The van der Waals surface area contributed by atoms with Crippen molar-refractivity contribution in [2.24, 2.45) is 0 Å². The van der Waals surface area contributed by atoms with E-state index in [1.165, 1.54) is 22.8 Å². The first-order valence-corrected chi connectivity index (χ1v) is 7.94. The number of nitriles is 1. The fourth-order valence-corrected chi connectivity index (χ4v) is 2.58. The number of aromatic nitrogens is 3. The second-order valence-electron chi connectivity index (χ2n) is 6.06. The van der Waals surface area contributed by atoms with Crippen molar-refractivity contribution in [2.45, 2.75) is 25.1 Å². The zero-order valence-electron chi connectivity index (χ0n) is 13.4. The van der Waals surface area contributed by atoms with Crippen LogP contribution in [0.1, 0.15) is 24.1 Å². The third-order valence-electron chi connectivity index (χ3n) is 3.98. The normalized spacial score (nSPS) is 14.2. The molecule has 1 fully saturated rings. The minimum absolute atomic E-state index is 0.242. The molecule has 2 aromatic heterocycles. The molecule has 9 heteroatoms. The van der Waals surface area contributed by atoms with Gasteiger partial charge in [-0.05, 0) is 31.0 Å². The quantitative estimate of drug-likeness (QED) is 0.739. The highest BCUT2D eigenvalue weighted by Crippen LogP contribution is 2.32. The molecule has 2 heterocycles. The number of imidazole rings is 1.